The third-order valence-corrected chi connectivity index (χ3v) is 6.42. The second kappa shape index (κ2) is 9.90. The van der Waals surface area contributed by atoms with E-state index in [1.807, 2.05) is 42.5 Å². The quantitative estimate of drug-likeness (QED) is 0.707. The molecule has 1 aliphatic heterocycles. The lowest BCUT2D eigenvalue weighted by Gasteiger charge is -2.32. The Morgan fingerprint density at radius 2 is 1.68 bits per heavy atom. The summed E-state index contributed by atoms with van der Waals surface area (Å²) in [5.41, 5.74) is 4.12. The first-order valence-corrected chi connectivity index (χ1v) is 11.4. The van der Waals surface area contributed by atoms with Crippen molar-refractivity contribution < 1.29 is 14.4 Å². The van der Waals surface area contributed by atoms with Crippen LogP contribution in [0.5, 0.6) is 0 Å². The van der Waals surface area contributed by atoms with Gasteiger partial charge < -0.3 is 10.2 Å². The van der Waals surface area contributed by atoms with Gasteiger partial charge in [-0.1, -0.05) is 30.3 Å². The van der Waals surface area contributed by atoms with Gasteiger partial charge in [-0.25, -0.2) is 0 Å². The molecular weight excluding hydrogens is 388 g/mol. The number of fused-ring (bicyclic) bond motifs is 1. The van der Waals surface area contributed by atoms with Crippen LogP contribution in [0.1, 0.15) is 60.0 Å². The van der Waals surface area contributed by atoms with Gasteiger partial charge in [0.15, 0.2) is 5.78 Å². The number of aryl methyl sites for hydroxylation is 2. The fourth-order valence-electron chi connectivity index (χ4n) is 4.61. The third kappa shape index (κ3) is 5.40. The first-order chi connectivity index (χ1) is 15.1. The Labute approximate surface area is 183 Å². The summed E-state index contributed by atoms with van der Waals surface area (Å²) < 4.78 is 0. The largest absolute Gasteiger partial charge is 0.342 e. The van der Waals surface area contributed by atoms with Crippen LogP contribution in [0.15, 0.2) is 48.5 Å². The molecule has 1 unspecified atom stereocenters. The molecule has 4 rings (SSSR count). The Morgan fingerprint density at radius 1 is 0.903 bits per heavy atom. The van der Waals surface area contributed by atoms with Crippen molar-refractivity contribution >= 4 is 23.3 Å². The number of carbonyl (C=O) groups excluding carboxylic acids is 3. The first kappa shape index (κ1) is 21.3. The van der Waals surface area contributed by atoms with E-state index in [1.54, 1.807) is 4.90 Å². The van der Waals surface area contributed by atoms with Crippen LogP contribution >= 0.6 is 0 Å². The van der Waals surface area contributed by atoms with E-state index < -0.39 is 0 Å². The summed E-state index contributed by atoms with van der Waals surface area (Å²) in [4.78, 5) is 39.7. The SMILES string of the molecule is O=C(CCC(=O)N1CCCC(C(=O)Nc2ccccc2)C1)c1ccc2c(c1)CCCC2. The molecule has 0 aromatic heterocycles. The van der Waals surface area contributed by atoms with Gasteiger partial charge >= 0.3 is 0 Å². The van der Waals surface area contributed by atoms with E-state index >= 15 is 0 Å². The number of nitrogens with zero attached hydrogens (tertiary/aromatic N) is 1. The molecule has 1 fully saturated rings. The molecule has 31 heavy (non-hydrogen) atoms. The van der Waals surface area contributed by atoms with Crippen LogP contribution in [0.4, 0.5) is 5.69 Å². The van der Waals surface area contributed by atoms with Gasteiger partial charge in [-0.15, -0.1) is 0 Å². The maximum Gasteiger partial charge on any atom is 0.229 e. The van der Waals surface area contributed by atoms with Crippen molar-refractivity contribution in [3.8, 4) is 0 Å². The second-order valence-corrected chi connectivity index (χ2v) is 8.65. The van der Waals surface area contributed by atoms with Gasteiger partial charge in [0.2, 0.25) is 11.8 Å². The molecule has 0 spiro atoms. The Kier molecular flexibility index (Phi) is 6.80. The molecule has 2 aliphatic rings. The first-order valence-electron chi connectivity index (χ1n) is 11.4. The highest BCUT2D eigenvalue weighted by Gasteiger charge is 2.28. The average molecular weight is 419 g/mol. The molecule has 0 bridgehead atoms. The molecule has 5 heteroatoms. The van der Waals surface area contributed by atoms with Crippen molar-refractivity contribution in [1.82, 2.24) is 4.90 Å². The number of nitrogens with one attached hydrogen (secondary N) is 1. The number of hydrogen-bond acceptors (Lipinski definition) is 3. The maximum atomic E-state index is 12.7. The summed E-state index contributed by atoms with van der Waals surface area (Å²) in [6.07, 6.45) is 6.52. The number of para-hydroxylation sites is 1. The van der Waals surface area contributed by atoms with Crippen LogP contribution in [-0.4, -0.2) is 35.6 Å². The van der Waals surface area contributed by atoms with E-state index in [1.165, 1.54) is 24.0 Å². The molecule has 1 atom stereocenters. The summed E-state index contributed by atoms with van der Waals surface area (Å²) in [5, 5.41) is 2.94. The smallest absolute Gasteiger partial charge is 0.229 e. The minimum Gasteiger partial charge on any atom is -0.342 e. The van der Waals surface area contributed by atoms with Gasteiger partial charge in [-0.3, -0.25) is 14.4 Å². The van der Waals surface area contributed by atoms with Crippen molar-refractivity contribution in [3.63, 3.8) is 0 Å². The number of rotatable bonds is 6. The molecule has 0 radical (unpaired) electrons. The lowest BCUT2D eigenvalue weighted by atomic mass is 9.89. The highest BCUT2D eigenvalue weighted by Crippen LogP contribution is 2.24. The number of Topliss-reactive ketones (excluding diaryl/α,β-unsaturated/α-hetero) is 1. The number of amides is 2. The fraction of sp³-hybridized carbons (Fsp3) is 0.423. The Morgan fingerprint density at radius 3 is 2.48 bits per heavy atom. The van der Waals surface area contributed by atoms with E-state index in [0.717, 1.165) is 31.4 Å². The van der Waals surface area contributed by atoms with E-state index in [-0.39, 0.29) is 36.4 Å². The van der Waals surface area contributed by atoms with E-state index in [9.17, 15) is 14.4 Å². The molecule has 2 amide bonds. The second-order valence-electron chi connectivity index (χ2n) is 8.65. The van der Waals surface area contributed by atoms with E-state index in [2.05, 4.69) is 11.4 Å². The molecule has 1 saturated heterocycles. The summed E-state index contributed by atoms with van der Waals surface area (Å²) in [7, 11) is 0. The van der Waals surface area contributed by atoms with Crippen LogP contribution in [0.3, 0.4) is 0 Å². The van der Waals surface area contributed by atoms with Crippen LogP contribution in [-0.2, 0) is 22.4 Å². The van der Waals surface area contributed by atoms with E-state index in [0.29, 0.717) is 18.7 Å². The number of anilines is 1. The van der Waals surface area contributed by atoms with Crippen molar-refractivity contribution in [2.24, 2.45) is 5.92 Å². The van der Waals surface area contributed by atoms with Crippen LogP contribution in [0.25, 0.3) is 0 Å². The van der Waals surface area contributed by atoms with Crippen LogP contribution < -0.4 is 5.32 Å². The predicted octanol–water partition coefficient (Wildman–Crippen LogP) is 4.41. The van der Waals surface area contributed by atoms with Gasteiger partial charge in [0.1, 0.15) is 0 Å². The zero-order chi connectivity index (χ0) is 21.6. The maximum absolute atomic E-state index is 12.7. The normalized spacial score (nSPS) is 18.2. The standard InChI is InChI=1S/C26H30N2O3/c29-24(21-13-12-19-7-4-5-8-20(19)17-21)14-15-25(30)28-16-6-9-22(18-28)26(31)27-23-10-2-1-3-11-23/h1-3,10-13,17,22H,4-9,14-16,18H2,(H,27,31). The monoisotopic (exact) mass is 418 g/mol. The average Bonchev–Trinajstić information content (AvgIpc) is 2.82. The predicted molar refractivity (Wildman–Crippen MR) is 121 cm³/mol. The number of benzene rings is 2. The number of likely N-dealkylation sites (tertiary alicyclic amines) is 1. The number of carbonyl (C=O) groups is 3. The van der Waals surface area contributed by atoms with Gasteiger partial charge in [0.05, 0.1) is 5.92 Å². The molecule has 1 heterocycles. The minimum absolute atomic E-state index is 0.0251. The third-order valence-electron chi connectivity index (χ3n) is 6.42. The van der Waals surface area contributed by atoms with Crippen molar-refractivity contribution in [3.05, 3.63) is 65.2 Å². The Balaban J connectivity index is 1.29. The molecule has 0 saturated carbocycles. The van der Waals surface area contributed by atoms with Gasteiger partial charge in [-0.05, 0) is 67.9 Å². The molecule has 162 valence electrons. The van der Waals surface area contributed by atoms with E-state index in [4.69, 9.17) is 0 Å². The number of ketones is 1. The summed E-state index contributed by atoms with van der Waals surface area (Å²) >= 11 is 0. The minimum atomic E-state index is -0.214. The highest BCUT2D eigenvalue weighted by molar-refractivity contribution is 5.98. The van der Waals surface area contributed by atoms with Crippen molar-refractivity contribution in [1.29, 1.82) is 0 Å². The topological polar surface area (TPSA) is 66.5 Å². The zero-order valence-electron chi connectivity index (χ0n) is 17.9. The summed E-state index contributed by atoms with van der Waals surface area (Å²) in [6, 6.07) is 15.4. The highest BCUT2D eigenvalue weighted by atomic mass is 16.2. The molecular formula is C26H30N2O3. The number of piperidine rings is 1. The lowest BCUT2D eigenvalue weighted by molar-refractivity contribution is -0.134. The molecule has 2 aromatic carbocycles. The van der Waals surface area contributed by atoms with Crippen molar-refractivity contribution in [2.75, 3.05) is 18.4 Å². The molecule has 1 aliphatic carbocycles. The van der Waals surface area contributed by atoms with Gasteiger partial charge in [-0.2, -0.15) is 0 Å². The summed E-state index contributed by atoms with van der Waals surface area (Å²) in [5.74, 6) is -0.274. The van der Waals surface area contributed by atoms with Gasteiger partial charge in [0.25, 0.3) is 0 Å². The number of hydrogen-bond donors (Lipinski definition) is 1. The van der Waals surface area contributed by atoms with Crippen molar-refractivity contribution in [2.45, 2.75) is 51.4 Å². The van der Waals surface area contributed by atoms with Crippen LogP contribution in [0.2, 0.25) is 0 Å². The zero-order valence-corrected chi connectivity index (χ0v) is 17.9. The summed E-state index contributed by atoms with van der Waals surface area (Å²) in [6.45, 7) is 1.07. The molecule has 1 N–H and O–H groups in total. The fourth-order valence-corrected chi connectivity index (χ4v) is 4.61. The van der Waals surface area contributed by atoms with Gasteiger partial charge in [0, 0.05) is 37.2 Å². The lowest BCUT2D eigenvalue weighted by Crippen LogP contribution is -2.43. The molecule has 2 aromatic rings. The Hall–Kier alpha value is -2.95. The van der Waals surface area contributed by atoms with Crippen LogP contribution in [0, 0.1) is 5.92 Å². The molecule has 5 nitrogen and oxygen atoms in total. The Bertz CT molecular complexity index is 954.